The summed E-state index contributed by atoms with van der Waals surface area (Å²) in [4.78, 5) is 0. The average molecular weight is 299 g/mol. The quantitative estimate of drug-likeness (QED) is 0.606. The van der Waals surface area contributed by atoms with Crippen LogP contribution in [0.3, 0.4) is 0 Å². The minimum atomic E-state index is 0.549. The molecule has 3 nitrogen and oxygen atoms in total. The van der Waals surface area contributed by atoms with Gasteiger partial charge in [-0.05, 0) is 55.5 Å². The van der Waals surface area contributed by atoms with Gasteiger partial charge in [-0.25, -0.2) is 4.73 Å². The summed E-state index contributed by atoms with van der Waals surface area (Å²) in [6.07, 6.45) is 6.55. The third-order valence-corrected chi connectivity index (χ3v) is 3.43. The molecule has 118 valence electrons. The Hall–Kier alpha value is -2.16. The summed E-state index contributed by atoms with van der Waals surface area (Å²) < 4.78 is 6.82. The van der Waals surface area contributed by atoms with Gasteiger partial charge >= 0.3 is 0 Å². The first-order valence-corrected chi connectivity index (χ1v) is 7.72. The minimum absolute atomic E-state index is 0.549. The van der Waals surface area contributed by atoms with E-state index in [1.807, 2.05) is 24.3 Å². The summed E-state index contributed by atoms with van der Waals surface area (Å²) in [6.45, 7) is 9.06. The first-order chi connectivity index (χ1) is 10.5. The van der Waals surface area contributed by atoms with Gasteiger partial charge in [0.15, 0.2) is 0 Å². The largest absolute Gasteiger partial charge is 0.490 e. The number of hydrogen-bond acceptors (Lipinski definition) is 2. The number of hydrogen-bond donors (Lipinski definition) is 1. The van der Waals surface area contributed by atoms with Crippen LogP contribution >= 0.6 is 0 Å². The maximum absolute atomic E-state index is 9.72. The second kappa shape index (κ2) is 7.21. The lowest BCUT2D eigenvalue weighted by Gasteiger charge is -2.08. The van der Waals surface area contributed by atoms with E-state index in [1.165, 1.54) is 5.57 Å². The molecule has 0 fully saturated rings. The van der Waals surface area contributed by atoms with Gasteiger partial charge in [0.05, 0.1) is 6.20 Å². The van der Waals surface area contributed by atoms with E-state index in [9.17, 15) is 5.21 Å². The van der Waals surface area contributed by atoms with Crippen LogP contribution < -0.4 is 4.74 Å². The van der Waals surface area contributed by atoms with Crippen molar-refractivity contribution in [3.8, 4) is 16.9 Å². The van der Waals surface area contributed by atoms with E-state index in [1.54, 1.807) is 12.4 Å². The molecule has 22 heavy (non-hydrogen) atoms. The second-order valence-electron chi connectivity index (χ2n) is 6.29. The van der Waals surface area contributed by atoms with Crippen LogP contribution in [-0.2, 0) is 6.42 Å². The molecule has 2 rings (SSSR count). The van der Waals surface area contributed by atoms with E-state index < -0.39 is 0 Å². The van der Waals surface area contributed by atoms with Crippen LogP contribution in [0.15, 0.2) is 48.3 Å². The van der Waals surface area contributed by atoms with Crippen molar-refractivity contribution >= 4 is 0 Å². The molecular formula is C19H25NO2. The monoisotopic (exact) mass is 299 g/mol. The van der Waals surface area contributed by atoms with Crippen molar-refractivity contribution in [1.82, 2.24) is 4.73 Å². The third-order valence-electron chi connectivity index (χ3n) is 3.43. The molecule has 0 bridgehead atoms. The summed E-state index contributed by atoms with van der Waals surface area (Å²) in [7, 11) is 0. The third kappa shape index (κ3) is 4.42. The summed E-state index contributed by atoms with van der Waals surface area (Å²) in [5, 5.41) is 9.72. The van der Waals surface area contributed by atoms with Crippen LogP contribution in [0.5, 0.6) is 5.75 Å². The Labute approximate surface area is 132 Å². The van der Waals surface area contributed by atoms with Crippen molar-refractivity contribution in [2.45, 2.75) is 34.1 Å². The van der Waals surface area contributed by atoms with Crippen LogP contribution in [0.1, 0.15) is 33.3 Å². The number of nitrogens with zero attached hydrogens (tertiary/aromatic N) is 1. The molecule has 1 aromatic heterocycles. The molecule has 0 unspecified atom stereocenters. The molecule has 0 aliphatic carbocycles. The second-order valence-corrected chi connectivity index (χ2v) is 6.29. The molecule has 0 aliphatic heterocycles. The average Bonchev–Trinajstić information content (AvgIpc) is 2.79. The predicted molar refractivity (Wildman–Crippen MR) is 90.5 cm³/mol. The highest BCUT2D eigenvalue weighted by Crippen LogP contribution is 2.28. The molecule has 0 atom stereocenters. The summed E-state index contributed by atoms with van der Waals surface area (Å²) in [5.74, 6) is 1.41. The molecule has 0 aliphatic rings. The van der Waals surface area contributed by atoms with Crippen molar-refractivity contribution in [1.29, 1.82) is 0 Å². The van der Waals surface area contributed by atoms with Crippen molar-refractivity contribution < 1.29 is 9.94 Å². The van der Waals surface area contributed by atoms with E-state index in [0.29, 0.717) is 12.5 Å². The summed E-state index contributed by atoms with van der Waals surface area (Å²) in [5.41, 5.74) is 4.58. The van der Waals surface area contributed by atoms with Crippen LogP contribution in [0.25, 0.3) is 11.1 Å². The zero-order valence-corrected chi connectivity index (χ0v) is 13.8. The Balaban J connectivity index is 2.15. The van der Waals surface area contributed by atoms with Crippen molar-refractivity contribution in [3.63, 3.8) is 0 Å². The molecule has 1 aromatic carbocycles. The van der Waals surface area contributed by atoms with E-state index >= 15 is 0 Å². The van der Waals surface area contributed by atoms with Gasteiger partial charge < -0.3 is 9.94 Å². The van der Waals surface area contributed by atoms with E-state index in [-0.39, 0.29) is 0 Å². The number of benzene rings is 1. The molecule has 3 heteroatoms. The number of rotatable bonds is 6. The van der Waals surface area contributed by atoms with Crippen LogP contribution in [0.4, 0.5) is 0 Å². The minimum Gasteiger partial charge on any atom is -0.490 e. The van der Waals surface area contributed by atoms with Crippen LogP contribution in [0.2, 0.25) is 0 Å². The Morgan fingerprint density at radius 2 is 1.86 bits per heavy atom. The number of ether oxygens (including phenoxy) is 1. The maximum atomic E-state index is 9.72. The van der Waals surface area contributed by atoms with Gasteiger partial charge in [-0.2, -0.15) is 0 Å². The maximum Gasteiger partial charge on any atom is 0.119 e. The smallest absolute Gasteiger partial charge is 0.119 e. The Morgan fingerprint density at radius 1 is 1.18 bits per heavy atom. The fourth-order valence-corrected chi connectivity index (χ4v) is 2.38. The topological polar surface area (TPSA) is 34.4 Å². The van der Waals surface area contributed by atoms with Gasteiger partial charge in [0.2, 0.25) is 0 Å². The lowest BCUT2D eigenvalue weighted by molar-refractivity contribution is 0.187. The van der Waals surface area contributed by atoms with Gasteiger partial charge in [0.25, 0.3) is 0 Å². The lowest BCUT2D eigenvalue weighted by Crippen LogP contribution is -1.95. The fourth-order valence-electron chi connectivity index (χ4n) is 2.38. The van der Waals surface area contributed by atoms with E-state index in [0.717, 1.165) is 33.6 Å². The number of aromatic nitrogens is 1. The molecule has 0 amide bonds. The van der Waals surface area contributed by atoms with Crippen molar-refractivity contribution in [2.24, 2.45) is 5.92 Å². The first kappa shape index (κ1) is 16.2. The SMILES string of the molecule is CC(C)=CCOc1ccc(-c2cn(O)cc2CC(C)C)cc1. The molecule has 0 spiro atoms. The van der Waals surface area contributed by atoms with Crippen molar-refractivity contribution in [2.75, 3.05) is 6.61 Å². The fraction of sp³-hybridized carbons (Fsp3) is 0.368. The summed E-state index contributed by atoms with van der Waals surface area (Å²) >= 11 is 0. The predicted octanol–water partition coefficient (Wildman–Crippen LogP) is 4.94. The molecular weight excluding hydrogens is 274 g/mol. The van der Waals surface area contributed by atoms with E-state index in [2.05, 4.69) is 33.8 Å². The number of allylic oxidation sites excluding steroid dienone is 1. The lowest BCUT2D eigenvalue weighted by atomic mass is 9.98. The molecule has 0 saturated carbocycles. The van der Waals surface area contributed by atoms with Gasteiger partial charge in [-0.1, -0.05) is 31.6 Å². The molecule has 2 aromatic rings. The highest BCUT2D eigenvalue weighted by atomic mass is 16.5. The van der Waals surface area contributed by atoms with Gasteiger partial charge in [-0.3, -0.25) is 0 Å². The van der Waals surface area contributed by atoms with Gasteiger partial charge in [0, 0.05) is 11.8 Å². The normalized spacial score (nSPS) is 10.8. The molecule has 0 radical (unpaired) electrons. The van der Waals surface area contributed by atoms with Gasteiger partial charge in [-0.15, -0.1) is 0 Å². The Bertz CT molecular complexity index is 632. The highest BCUT2D eigenvalue weighted by molar-refractivity contribution is 5.67. The van der Waals surface area contributed by atoms with Crippen molar-refractivity contribution in [3.05, 3.63) is 53.9 Å². The Morgan fingerprint density at radius 3 is 2.45 bits per heavy atom. The zero-order valence-electron chi connectivity index (χ0n) is 13.8. The summed E-state index contributed by atoms with van der Waals surface area (Å²) in [6, 6.07) is 8.03. The van der Waals surface area contributed by atoms with E-state index in [4.69, 9.17) is 4.74 Å². The Kier molecular flexibility index (Phi) is 5.31. The standard InChI is InChI=1S/C19H25NO2/c1-14(2)9-10-22-18-7-5-16(6-8-18)19-13-20(21)12-17(19)11-15(3)4/h5-9,12-13,15,21H,10-11H2,1-4H3. The molecule has 0 saturated heterocycles. The molecule has 1 N–H and O–H groups in total. The molecule has 1 heterocycles. The highest BCUT2D eigenvalue weighted by Gasteiger charge is 2.10. The zero-order chi connectivity index (χ0) is 16.1. The van der Waals surface area contributed by atoms with Gasteiger partial charge in [0.1, 0.15) is 12.4 Å². The van der Waals surface area contributed by atoms with Crippen LogP contribution in [-0.4, -0.2) is 16.5 Å². The first-order valence-electron chi connectivity index (χ1n) is 7.72. The van der Waals surface area contributed by atoms with Crippen LogP contribution in [0, 0.1) is 5.92 Å².